The fraction of sp³-hybridized carbons (Fsp3) is 0.333. The number of hydrogen-bond acceptors (Lipinski definition) is 2. The average Bonchev–Trinajstić information content (AvgIpc) is 2.58. The fourth-order valence-electron chi connectivity index (χ4n) is 1.77. The van der Waals surface area contributed by atoms with Crippen molar-refractivity contribution >= 4 is 17.0 Å². The van der Waals surface area contributed by atoms with E-state index in [0.717, 1.165) is 0 Å². The van der Waals surface area contributed by atoms with Gasteiger partial charge in [-0.05, 0) is 12.1 Å². The summed E-state index contributed by atoms with van der Waals surface area (Å²) in [6, 6.07) is 4.73. The summed E-state index contributed by atoms with van der Waals surface area (Å²) in [5.41, 5.74) is 0.972. The van der Waals surface area contributed by atoms with Crippen molar-refractivity contribution in [3.8, 4) is 0 Å². The Hall–Kier alpha value is -1.91. The standard InChI is InChI=1S/C12H13FN2O2/c1-7(12(16)17)6-10-14-11-8(13)4-3-5-9(11)15(10)2/h3-5,7H,6H2,1-2H3,(H,16,17). The number of fused-ring (bicyclic) bond motifs is 1. The highest BCUT2D eigenvalue weighted by molar-refractivity contribution is 5.77. The number of para-hydroxylation sites is 1. The van der Waals surface area contributed by atoms with E-state index in [0.29, 0.717) is 23.3 Å². The van der Waals surface area contributed by atoms with E-state index in [2.05, 4.69) is 4.98 Å². The summed E-state index contributed by atoms with van der Waals surface area (Å²) in [5.74, 6) is -1.21. The number of halogens is 1. The van der Waals surface area contributed by atoms with Gasteiger partial charge in [0.15, 0.2) is 5.82 Å². The zero-order chi connectivity index (χ0) is 12.6. The number of aliphatic carboxylic acids is 1. The van der Waals surface area contributed by atoms with Gasteiger partial charge in [-0.15, -0.1) is 0 Å². The molecule has 0 aliphatic heterocycles. The van der Waals surface area contributed by atoms with E-state index in [1.807, 2.05) is 0 Å². The smallest absolute Gasteiger partial charge is 0.306 e. The summed E-state index contributed by atoms with van der Waals surface area (Å²) >= 11 is 0. The van der Waals surface area contributed by atoms with Crippen molar-refractivity contribution in [3.63, 3.8) is 0 Å². The number of carboxylic acids is 1. The molecule has 0 spiro atoms. The van der Waals surface area contributed by atoms with Crippen LogP contribution in [0.4, 0.5) is 4.39 Å². The molecule has 0 radical (unpaired) electrons. The molecule has 0 aliphatic carbocycles. The molecule has 0 fully saturated rings. The van der Waals surface area contributed by atoms with Gasteiger partial charge >= 0.3 is 5.97 Å². The van der Waals surface area contributed by atoms with Crippen molar-refractivity contribution in [3.05, 3.63) is 29.8 Å². The maximum atomic E-state index is 13.5. The first-order chi connectivity index (χ1) is 8.00. The third-order valence-corrected chi connectivity index (χ3v) is 2.87. The molecule has 0 aliphatic rings. The van der Waals surface area contributed by atoms with Crippen LogP contribution in [0.5, 0.6) is 0 Å². The lowest BCUT2D eigenvalue weighted by Gasteiger charge is -2.05. The van der Waals surface area contributed by atoms with Gasteiger partial charge < -0.3 is 9.67 Å². The second-order valence-electron chi connectivity index (χ2n) is 4.14. The predicted octanol–water partition coefficient (Wildman–Crippen LogP) is 1.98. The Morgan fingerprint density at radius 3 is 2.88 bits per heavy atom. The monoisotopic (exact) mass is 236 g/mol. The average molecular weight is 236 g/mol. The summed E-state index contributed by atoms with van der Waals surface area (Å²) in [6.07, 6.45) is 0.292. The summed E-state index contributed by atoms with van der Waals surface area (Å²) in [6.45, 7) is 1.61. The molecule has 0 bridgehead atoms. The van der Waals surface area contributed by atoms with Crippen molar-refractivity contribution in [2.75, 3.05) is 0 Å². The molecule has 17 heavy (non-hydrogen) atoms. The highest BCUT2D eigenvalue weighted by Gasteiger charge is 2.17. The van der Waals surface area contributed by atoms with Gasteiger partial charge in [-0.2, -0.15) is 0 Å². The van der Waals surface area contributed by atoms with Crippen LogP contribution in [0.15, 0.2) is 18.2 Å². The molecule has 1 aromatic carbocycles. The fourth-order valence-corrected chi connectivity index (χ4v) is 1.77. The Bertz CT molecular complexity index is 577. The molecule has 2 rings (SSSR count). The molecule has 5 heteroatoms. The second kappa shape index (κ2) is 4.16. The van der Waals surface area contributed by atoms with Crippen molar-refractivity contribution < 1.29 is 14.3 Å². The van der Waals surface area contributed by atoms with Crippen molar-refractivity contribution in [2.45, 2.75) is 13.3 Å². The molecule has 1 aromatic heterocycles. The van der Waals surface area contributed by atoms with Crippen LogP contribution in [0.2, 0.25) is 0 Å². The molecule has 0 saturated carbocycles. The van der Waals surface area contributed by atoms with Crippen LogP contribution in [0.3, 0.4) is 0 Å². The zero-order valence-electron chi connectivity index (χ0n) is 9.64. The second-order valence-corrected chi connectivity index (χ2v) is 4.14. The molecule has 4 nitrogen and oxygen atoms in total. The number of carbonyl (C=O) groups is 1. The minimum atomic E-state index is -0.877. The van der Waals surface area contributed by atoms with Gasteiger partial charge in [0.05, 0.1) is 11.4 Å². The lowest BCUT2D eigenvalue weighted by Crippen LogP contribution is -2.14. The van der Waals surface area contributed by atoms with Gasteiger partial charge in [0.25, 0.3) is 0 Å². The minimum absolute atomic E-state index is 0.292. The largest absolute Gasteiger partial charge is 0.481 e. The van der Waals surface area contributed by atoms with Crippen LogP contribution in [0, 0.1) is 11.7 Å². The third kappa shape index (κ3) is 2.00. The predicted molar refractivity (Wildman–Crippen MR) is 61.2 cm³/mol. The molecule has 1 unspecified atom stereocenters. The van der Waals surface area contributed by atoms with E-state index in [4.69, 9.17) is 5.11 Å². The lowest BCUT2D eigenvalue weighted by atomic mass is 10.1. The van der Waals surface area contributed by atoms with Crippen LogP contribution in [-0.2, 0) is 18.3 Å². The summed E-state index contributed by atoms with van der Waals surface area (Å²) in [5, 5.41) is 8.85. The highest BCUT2D eigenvalue weighted by atomic mass is 19.1. The van der Waals surface area contributed by atoms with E-state index in [1.165, 1.54) is 6.07 Å². The summed E-state index contributed by atoms with van der Waals surface area (Å²) in [7, 11) is 1.76. The minimum Gasteiger partial charge on any atom is -0.481 e. The Balaban J connectivity index is 2.46. The molecular weight excluding hydrogens is 223 g/mol. The highest BCUT2D eigenvalue weighted by Crippen LogP contribution is 2.19. The van der Waals surface area contributed by atoms with Crippen LogP contribution < -0.4 is 0 Å². The number of aryl methyl sites for hydroxylation is 1. The number of carboxylic acid groups (broad SMARTS) is 1. The topological polar surface area (TPSA) is 55.1 Å². The molecule has 1 heterocycles. The molecular formula is C12H13FN2O2. The van der Waals surface area contributed by atoms with E-state index in [1.54, 1.807) is 30.7 Å². The number of rotatable bonds is 3. The van der Waals surface area contributed by atoms with Gasteiger partial charge in [0.1, 0.15) is 11.3 Å². The van der Waals surface area contributed by atoms with Gasteiger partial charge in [-0.25, -0.2) is 9.37 Å². The number of hydrogen-bond donors (Lipinski definition) is 1. The molecule has 0 saturated heterocycles. The summed E-state index contributed by atoms with van der Waals surface area (Å²) in [4.78, 5) is 14.9. The number of benzene rings is 1. The zero-order valence-corrected chi connectivity index (χ0v) is 9.64. The molecule has 0 amide bonds. The first kappa shape index (κ1) is 11.6. The first-order valence-corrected chi connectivity index (χ1v) is 5.33. The van der Waals surface area contributed by atoms with Crippen molar-refractivity contribution in [1.82, 2.24) is 9.55 Å². The first-order valence-electron chi connectivity index (χ1n) is 5.33. The Labute approximate surface area is 97.7 Å². The lowest BCUT2D eigenvalue weighted by molar-refractivity contribution is -0.141. The van der Waals surface area contributed by atoms with Crippen molar-refractivity contribution in [1.29, 1.82) is 0 Å². The van der Waals surface area contributed by atoms with E-state index < -0.39 is 11.9 Å². The molecule has 1 N–H and O–H groups in total. The molecule has 1 atom stereocenters. The van der Waals surface area contributed by atoms with Gasteiger partial charge in [-0.3, -0.25) is 4.79 Å². The Morgan fingerprint density at radius 1 is 1.59 bits per heavy atom. The van der Waals surface area contributed by atoms with Gasteiger partial charge in [0.2, 0.25) is 0 Å². The van der Waals surface area contributed by atoms with Crippen LogP contribution in [0.25, 0.3) is 11.0 Å². The quantitative estimate of drug-likeness (QED) is 0.886. The van der Waals surface area contributed by atoms with E-state index in [-0.39, 0.29) is 5.82 Å². The number of nitrogens with zero attached hydrogens (tertiary/aromatic N) is 2. The number of aromatic nitrogens is 2. The third-order valence-electron chi connectivity index (χ3n) is 2.87. The van der Waals surface area contributed by atoms with E-state index >= 15 is 0 Å². The normalized spacial score (nSPS) is 12.9. The maximum absolute atomic E-state index is 13.5. The molecule has 2 aromatic rings. The van der Waals surface area contributed by atoms with Gasteiger partial charge in [0, 0.05) is 13.5 Å². The van der Waals surface area contributed by atoms with Gasteiger partial charge in [-0.1, -0.05) is 13.0 Å². The molecule has 90 valence electrons. The van der Waals surface area contributed by atoms with Crippen LogP contribution >= 0.6 is 0 Å². The SMILES string of the molecule is CC(Cc1nc2c(F)cccc2n1C)C(=O)O. The van der Waals surface area contributed by atoms with E-state index in [9.17, 15) is 9.18 Å². The Kier molecular flexibility index (Phi) is 2.83. The summed E-state index contributed by atoms with van der Waals surface area (Å²) < 4.78 is 15.2. The maximum Gasteiger partial charge on any atom is 0.306 e. The number of imidazole rings is 1. The van der Waals surface area contributed by atoms with Crippen molar-refractivity contribution in [2.24, 2.45) is 13.0 Å². The van der Waals surface area contributed by atoms with Crippen LogP contribution in [-0.4, -0.2) is 20.6 Å². The Morgan fingerprint density at radius 2 is 2.29 bits per heavy atom. The van der Waals surface area contributed by atoms with Crippen LogP contribution in [0.1, 0.15) is 12.7 Å².